The third-order valence-electron chi connectivity index (χ3n) is 2.91. The van der Waals surface area contributed by atoms with E-state index in [4.69, 9.17) is 9.84 Å². The summed E-state index contributed by atoms with van der Waals surface area (Å²) >= 11 is 0. The van der Waals surface area contributed by atoms with Crippen molar-refractivity contribution in [1.82, 2.24) is 5.32 Å². The maximum absolute atomic E-state index is 8.70. The molecule has 0 radical (unpaired) electrons. The maximum atomic E-state index is 8.70. The highest BCUT2D eigenvalue weighted by Crippen LogP contribution is 2.21. The Balaban J connectivity index is 1.93. The Morgan fingerprint density at radius 1 is 0.952 bits per heavy atom. The first-order chi connectivity index (χ1) is 10.3. The second-order valence-corrected chi connectivity index (χ2v) is 4.46. The molecule has 2 N–H and O–H groups in total. The normalized spacial score (nSPS) is 11.0. The van der Waals surface area contributed by atoms with Crippen molar-refractivity contribution in [2.24, 2.45) is 10.2 Å². The number of aliphatic hydroxyl groups is 1. The lowest BCUT2D eigenvalue weighted by Crippen LogP contribution is -2.17. The molecule has 0 spiro atoms. The van der Waals surface area contributed by atoms with Gasteiger partial charge in [0.05, 0.1) is 25.1 Å². The van der Waals surface area contributed by atoms with Crippen LogP contribution in [0.2, 0.25) is 0 Å². The van der Waals surface area contributed by atoms with Crippen LogP contribution in [0.1, 0.15) is 5.56 Å². The molecular formula is C16H19N3O2. The van der Waals surface area contributed by atoms with Gasteiger partial charge in [-0.2, -0.15) is 10.2 Å². The summed E-state index contributed by atoms with van der Waals surface area (Å²) in [6.07, 6.45) is 0. The van der Waals surface area contributed by atoms with E-state index >= 15 is 0 Å². The number of aliphatic hydroxyl groups excluding tert-OH is 1. The largest absolute Gasteiger partial charge is 0.497 e. The van der Waals surface area contributed by atoms with E-state index in [1.165, 1.54) is 0 Å². The highest BCUT2D eigenvalue weighted by atomic mass is 16.5. The Labute approximate surface area is 124 Å². The summed E-state index contributed by atoms with van der Waals surface area (Å²) in [5, 5.41) is 20.2. The van der Waals surface area contributed by atoms with Crippen LogP contribution >= 0.6 is 0 Å². The number of rotatable bonds is 7. The molecule has 0 aliphatic rings. The molecule has 0 fully saturated rings. The van der Waals surface area contributed by atoms with Crippen molar-refractivity contribution in [3.8, 4) is 5.75 Å². The molecule has 5 nitrogen and oxygen atoms in total. The third kappa shape index (κ3) is 4.98. The van der Waals surface area contributed by atoms with Gasteiger partial charge in [0.1, 0.15) is 5.75 Å². The number of hydrogen-bond acceptors (Lipinski definition) is 5. The molecule has 0 amide bonds. The second kappa shape index (κ2) is 8.14. The minimum atomic E-state index is 0.147. The SMILES string of the molecule is COc1ccc(N=Nc2ccc(CNCCO)cc2)cc1. The van der Waals surface area contributed by atoms with Gasteiger partial charge in [-0.15, -0.1) is 0 Å². The first-order valence-corrected chi connectivity index (χ1v) is 6.78. The topological polar surface area (TPSA) is 66.2 Å². The van der Waals surface area contributed by atoms with Crippen LogP contribution in [0.3, 0.4) is 0 Å². The van der Waals surface area contributed by atoms with Crippen LogP contribution < -0.4 is 10.1 Å². The summed E-state index contributed by atoms with van der Waals surface area (Å²) in [6.45, 7) is 1.48. The Bertz CT molecular complexity index is 565. The van der Waals surface area contributed by atoms with Gasteiger partial charge in [0.2, 0.25) is 0 Å². The standard InChI is InChI=1S/C16H19N3O2/c1-21-16-8-6-15(7-9-16)19-18-14-4-2-13(3-5-14)12-17-10-11-20/h2-9,17,20H,10-12H2,1H3. The van der Waals surface area contributed by atoms with Crippen LogP contribution in [0.15, 0.2) is 58.8 Å². The Morgan fingerprint density at radius 2 is 1.52 bits per heavy atom. The summed E-state index contributed by atoms with van der Waals surface area (Å²) < 4.78 is 5.09. The van der Waals surface area contributed by atoms with Crippen molar-refractivity contribution in [2.45, 2.75) is 6.54 Å². The number of benzene rings is 2. The van der Waals surface area contributed by atoms with Crippen LogP contribution in [0, 0.1) is 0 Å². The number of methoxy groups -OCH3 is 1. The van der Waals surface area contributed by atoms with E-state index in [0.29, 0.717) is 6.54 Å². The first kappa shape index (κ1) is 15.2. The highest BCUT2D eigenvalue weighted by molar-refractivity contribution is 5.43. The van der Waals surface area contributed by atoms with E-state index < -0.39 is 0 Å². The van der Waals surface area contributed by atoms with Crippen LogP contribution in [0.4, 0.5) is 11.4 Å². The molecule has 2 aromatic carbocycles. The van der Waals surface area contributed by atoms with Crippen molar-refractivity contribution in [1.29, 1.82) is 0 Å². The van der Waals surface area contributed by atoms with Gasteiger partial charge >= 0.3 is 0 Å². The molecule has 21 heavy (non-hydrogen) atoms. The zero-order valence-electron chi connectivity index (χ0n) is 12.0. The fourth-order valence-corrected chi connectivity index (χ4v) is 1.76. The quantitative estimate of drug-likeness (QED) is 0.606. The molecule has 0 unspecified atom stereocenters. The van der Waals surface area contributed by atoms with E-state index in [1.54, 1.807) is 7.11 Å². The van der Waals surface area contributed by atoms with Gasteiger partial charge in [0, 0.05) is 13.1 Å². The summed E-state index contributed by atoms with van der Waals surface area (Å²) in [5.41, 5.74) is 2.73. The van der Waals surface area contributed by atoms with Crippen molar-refractivity contribution in [3.05, 3.63) is 54.1 Å². The molecular weight excluding hydrogens is 266 g/mol. The van der Waals surface area contributed by atoms with E-state index in [9.17, 15) is 0 Å². The van der Waals surface area contributed by atoms with E-state index in [1.807, 2.05) is 48.5 Å². The van der Waals surface area contributed by atoms with Crippen LogP contribution in [-0.4, -0.2) is 25.4 Å². The van der Waals surface area contributed by atoms with Gasteiger partial charge in [-0.3, -0.25) is 0 Å². The van der Waals surface area contributed by atoms with E-state index in [2.05, 4.69) is 15.5 Å². The Kier molecular flexibility index (Phi) is 5.87. The lowest BCUT2D eigenvalue weighted by molar-refractivity contribution is 0.292. The molecule has 0 bridgehead atoms. The van der Waals surface area contributed by atoms with Gasteiger partial charge in [0.25, 0.3) is 0 Å². The minimum Gasteiger partial charge on any atom is -0.497 e. The van der Waals surface area contributed by atoms with Crippen LogP contribution in [0.25, 0.3) is 0 Å². The zero-order valence-corrected chi connectivity index (χ0v) is 12.0. The molecule has 5 heteroatoms. The predicted octanol–water partition coefficient (Wildman–Crippen LogP) is 3.19. The fourth-order valence-electron chi connectivity index (χ4n) is 1.76. The second-order valence-electron chi connectivity index (χ2n) is 4.46. The predicted molar refractivity (Wildman–Crippen MR) is 82.4 cm³/mol. The lowest BCUT2D eigenvalue weighted by Gasteiger charge is -2.02. The molecule has 2 aromatic rings. The zero-order chi connectivity index (χ0) is 14.9. The molecule has 0 heterocycles. The summed E-state index contributed by atoms with van der Waals surface area (Å²) in [7, 11) is 1.63. The molecule has 0 saturated carbocycles. The van der Waals surface area contributed by atoms with Crippen molar-refractivity contribution < 1.29 is 9.84 Å². The minimum absolute atomic E-state index is 0.147. The monoisotopic (exact) mass is 285 g/mol. The van der Waals surface area contributed by atoms with Gasteiger partial charge in [0.15, 0.2) is 0 Å². The number of hydrogen-bond donors (Lipinski definition) is 2. The smallest absolute Gasteiger partial charge is 0.119 e. The van der Waals surface area contributed by atoms with Crippen LogP contribution in [-0.2, 0) is 6.54 Å². The summed E-state index contributed by atoms with van der Waals surface area (Å²) in [4.78, 5) is 0. The maximum Gasteiger partial charge on any atom is 0.119 e. The average Bonchev–Trinajstić information content (AvgIpc) is 2.55. The Morgan fingerprint density at radius 3 is 2.05 bits per heavy atom. The highest BCUT2D eigenvalue weighted by Gasteiger charge is 1.95. The van der Waals surface area contributed by atoms with E-state index in [-0.39, 0.29) is 6.61 Å². The number of ether oxygens (including phenoxy) is 1. The van der Waals surface area contributed by atoms with Gasteiger partial charge in [-0.25, -0.2) is 0 Å². The molecule has 0 aliphatic heterocycles. The fraction of sp³-hybridized carbons (Fsp3) is 0.250. The Hall–Kier alpha value is -2.24. The molecule has 0 atom stereocenters. The van der Waals surface area contributed by atoms with Crippen molar-refractivity contribution in [3.63, 3.8) is 0 Å². The number of nitrogens with one attached hydrogen (secondary N) is 1. The molecule has 0 saturated heterocycles. The molecule has 110 valence electrons. The number of nitrogens with zero attached hydrogens (tertiary/aromatic N) is 2. The van der Waals surface area contributed by atoms with Gasteiger partial charge in [-0.1, -0.05) is 12.1 Å². The molecule has 2 rings (SSSR count). The number of azo groups is 1. The van der Waals surface area contributed by atoms with Crippen molar-refractivity contribution in [2.75, 3.05) is 20.3 Å². The van der Waals surface area contributed by atoms with E-state index in [0.717, 1.165) is 29.2 Å². The summed E-state index contributed by atoms with van der Waals surface area (Å²) in [6, 6.07) is 15.2. The van der Waals surface area contributed by atoms with Gasteiger partial charge in [-0.05, 0) is 42.0 Å². The molecule has 0 aliphatic carbocycles. The average molecular weight is 285 g/mol. The van der Waals surface area contributed by atoms with Gasteiger partial charge < -0.3 is 15.2 Å². The molecule has 0 aromatic heterocycles. The summed E-state index contributed by atoms with van der Waals surface area (Å²) in [5.74, 6) is 0.800. The third-order valence-corrected chi connectivity index (χ3v) is 2.91. The first-order valence-electron chi connectivity index (χ1n) is 6.78. The lowest BCUT2D eigenvalue weighted by atomic mass is 10.2. The van der Waals surface area contributed by atoms with Crippen molar-refractivity contribution >= 4 is 11.4 Å². The van der Waals surface area contributed by atoms with Crippen LogP contribution in [0.5, 0.6) is 5.75 Å².